The highest BCUT2D eigenvalue weighted by atomic mass is 32.2. The SMILES string of the molecule is Cc1nnc(NC(=O)CSc2cccc(NC(=O)c3ccc(C(=O)O)cc3C(=O)O)c2)s1. The lowest BCUT2D eigenvalue weighted by atomic mass is 10.0. The molecule has 0 saturated heterocycles. The average molecular weight is 473 g/mol. The summed E-state index contributed by atoms with van der Waals surface area (Å²) in [4.78, 5) is 47.9. The summed E-state index contributed by atoms with van der Waals surface area (Å²) in [7, 11) is 0. The Morgan fingerprint density at radius 3 is 2.41 bits per heavy atom. The van der Waals surface area contributed by atoms with Crippen LogP contribution in [0.25, 0.3) is 0 Å². The van der Waals surface area contributed by atoms with Crippen molar-refractivity contribution < 1.29 is 29.4 Å². The molecule has 0 radical (unpaired) electrons. The van der Waals surface area contributed by atoms with Crippen molar-refractivity contribution in [2.24, 2.45) is 0 Å². The van der Waals surface area contributed by atoms with Gasteiger partial charge in [-0.3, -0.25) is 14.9 Å². The van der Waals surface area contributed by atoms with Crippen molar-refractivity contribution >= 4 is 57.7 Å². The van der Waals surface area contributed by atoms with Crippen LogP contribution in [-0.2, 0) is 4.79 Å². The van der Waals surface area contributed by atoms with Gasteiger partial charge in [-0.1, -0.05) is 17.4 Å². The zero-order valence-electron chi connectivity index (χ0n) is 16.5. The van der Waals surface area contributed by atoms with Gasteiger partial charge >= 0.3 is 11.9 Å². The van der Waals surface area contributed by atoms with Gasteiger partial charge in [0, 0.05) is 10.6 Å². The Morgan fingerprint density at radius 2 is 1.75 bits per heavy atom. The first-order valence-electron chi connectivity index (χ1n) is 8.97. The number of nitrogens with zero attached hydrogens (tertiary/aromatic N) is 2. The van der Waals surface area contributed by atoms with E-state index in [1.165, 1.54) is 23.1 Å². The minimum atomic E-state index is -1.42. The highest BCUT2D eigenvalue weighted by molar-refractivity contribution is 8.00. The van der Waals surface area contributed by atoms with Gasteiger partial charge in [0.25, 0.3) is 5.91 Å². The number of nitrogens with one attached hydrogen (secondary N) is 2. The van der Waals surface area contributed by atoms with Crippen molar-refractivity contribution in [3.63, 3.8) is 0 Å². The summed E-state index contributed by atoms with van der Waals surface area (Å²) in [6.07, 6.45) is 0. The van der Waals surface area contributed by atoms with Crippen LogP contribution in [0.5, 0.6) is 0 Å². The van der Waals surface area contributed by atoms with Gasteiger partial charge in [-0.05, 0) is 43.3 Å². The second kappa shape index (κ2) is 10.0. The fraction of sp³-hybridized carbons (Fsp3) is 0.100. The van der Waals surface area contributed by atoms with Gasteiger partial charge in [-0.25, -0.2) is 9.59 Å². The van der Waals surface area contributed by atoms with E-state index in [-0.39, 0.29) is 22.8 Å². The van der Waals surface area contributed by atoms with Crippen LogP contribution in [0.3, 0.4) is 0 Å². The number of aryl methyl sites for hydroxylation is 1. The lowest BCUT2D eigenvalue weighted by Crippen LogP contribution is -2.17. The number of thioether (sulfide) groups is 1. The topological polar surface area (TPSA) is 159 Å². The molecule has 0 aliphatic rings. The van der Waals surface area contributed by atoms with Crippen LogP contribution in [0.4, 0.5) is 10.8 Å². The molecule has 0 bridgehead atoms. The van der Waals surface area contributed by atoms with E-state index in [1.54, 1.807) is 31.2 Å². The zero-order chi connectivity index (χ0) is 23.3. The van der Waals surface area contributed by atoms with E-state index in [9.17, 15) is 24.3 Å². The molecule has 2 aromatic carbocycles. The lowest BCUT2D eigenvalue weighted by Gasteiger charge is -2.10. The zero-order valence-corrected chi connectivity index (χ0v) is 18.1. The summed E-state index contributed by atoms with van der Waals surface area (Å²) >= 11 is 2.50. The molecule has 0 saturated carbocycles. The predicted molar refractivity (Wildman–Crippen MR) is 119 cm³/mol. The molecule has 1 heterocycles. The summed E-state index contributed by atoms with van der Waals surface area (Å²) < 4.78 is 0. The standard InChI is InChI=1S/C20H16N4O6S2/c1-10-23-24-20(32-10)22-16(25)9-31-13-4-2-3-12(8-13)21-17(26)14-6-5-11(18(27)28)7-15(14)19(29)30/h2-8H,9H2,1H3,(H,21,26)(H,27,28)(H,29,30)(H,22,24,25). The number of carboxylic acid groups (broad SMARTS) is 2. The van der Waals surface area contributed by atoms with Crippen LogP contribution in [-0.4, -0.2) is 49.9 Å². The molecule has 0 fully saturated rings. The van der Waals surface area contributed by atoms with E-state index >= 15 is 0 Å². The maximum Gasteiger partial charge on any atom is 0.336 e. The van der Waals surface area contributed by atoms with Gasteiger partial charge in [0.15, 0.2) is 0 Å². The van der Waals surface area contributed by atoms with E-state index in [1.807, 2.05) is 0 Å². The molecule has 1 aromatic heterocycles. The number of benzene rings is 2. The Kier molecular flexibility index (Phi) is 7.18. The first kappa shape index (κ1) is 22.9. The fourth-order valence-electron chi connectivity index (χ4n) is 2.57. The van der Waals surface area contributed by atoms with Crippen molar-refractivity contribution in [2.45, 2.75) is 11.8 Å². The second-order valence-corrected chi connectivity index (χ2v) is 8.55. The predicted octanol–water partition coefficient (Wildman–Crippen LogP) is 3.23. The Hall–Kier alpha value is -3.77. The van der Waals surface area contributed by atoms with E-state index in [0.717, 1.165) is 23.2 Å². The van der Waals surface area contributed by atoms with Gasteiger partial charge in [0.1, 0.15) is 5.01 Å². The molecule has 32 heavy (non-hydrogen) atoms. The highest BCUT2D eigenvalue weighted by Gasteiger charge is 2.19. The molecule has 12 heteroatoms. The molecular formula is C20H16N4O6S2. The third kappa shape index (κ3) is 5.89. The van der Waals surface area contributed by atoms with Crippen molar-refractivity contribution in [1.82, 2.24) is 10.2 Å². The van der Waals surface area contributed by atoms with Gasteiger partial charge in [0.05, 0.1) is 22.4 Å². The normalized spacial score (nSPS) is 10.4. The number of amides is 2. The molecule has 164 valence electrons. The molecule has 3 rings (SSSR count). The van der Waals surface area contributed by atoms with Crippen molar-refractivity contribution in [3.8, 4) is 0 Å². The molecule has 0 aliphatic carbocycles. The van der Waals surface area contributed by atoms with Gasteiger partial charge in [-0.15, -0.1) is 22.0 Å². The fourth-order valence-corrected chi connectivity index (χ4v) is 3.93. The minimum absolute atomic E-state index is 0.107. The Bertz CT molecular complexity index is 1210. The molecule has 3 aromatic rings. The smallest absolute Gasteiger partial charge is 0.336 e. The molecule has 0 aliphatic heterocycles. The number of hydrogen-bond acceptors (Lipinski definition) is 8. The summed E-state index contributed by atoms with van der Waals surface area (Å²) in [5.74, 6) is -3.57. The number of carbonyl (C=O) groups is 4. The van der Waals surface area contributed by atoms with Gasteiger partial charge in [-0.2, -0.15) is 0 Å². The summed E-state index contributed by atoms with van der Waals surface area (Å²) in [6, 6.07) is 9.93. The van der Waals surface area contributed by atoms with Crippen molar-refractivity contribution in [3.05, 3.63) is 64.2 Å². The Balaban J connectivity index is 1.66. The third-order valence-electron chi connectivity index (χ3n) is 3.98. The quantitative estimate of drug-likeness (QED) is 0.361. The highest BCUT2D eigenvalue weighted by Crippen LogP contribution is 2.23. The van der Waals surface area contributed by atoms with Crippen molar-refractivity contribution in [1.29, 1.82) is 0 Å². The van der Waals surface area contributed by atoms with Gasteiger partial charge < -0.3 is 15.5 Å². The number of aromatic carboxylic acids is 2. The largest absolute Gasteiger partial charge is 0.478 e. The van der Waals surface area contributed by atoms with Crippen LogP contribution in [0.1, 0.15) is 36.1 Å². The first-order valence-corrected chi connectivity index (χ1v) is 10.8. The van der Waals surface area contributed by atoms with Crippen LogP contribution in [0.15, 0.2) is 47.4 Å². The minimum Gasteiger partial charge on any atom is -0.478 e. The first-order chi connectivity index (χ1) is 15.2. The number of carbonyl (C=O) groups excluding carboxylic acids is 2. The molecule has 4 N–H and O–H groups in total. The number of hydrogen-bond donors (Lipinski definition) is 4. The number of aromatic nitrogens is 2. The number of rotatable bonds is 8. The van der Waals surface area contributed by atoms with Gasteiger partial charge in [0.2, 0.25) is 11.0 Å². The van der Waals surface area contributed by atoms with Crippen molar-refractivity contribution in [2.75, 3.05) is 16.4 Å². The number of carboxylic acids is 2. The van der Waals surface area contributed by atoms with Crippen LogP contribution in [0, 0.1) is 6.92 Å². The van der Waals surface area contributed by atoms with E-state index in [2.05, 4.69) is 20.8 Å². The third-order valence-corrected chi connectivity index (χ3v) is 5.72. The van der Waals surface area contributed by atoms with E-state index in [0.29, 0.717) is 15.7 Å². The van der Waals surface area contributed by atoms with E-state index < -0.39 is 23.4 Å². The molecule has 0 unspecified atom stereocenters. The van der Waals surface area contributed by atoms with Crippen LogP contribution >= 0.6 is 23.1 Å². The average Bonchev–Trinajstić information content (AvgIpc) is 3.16. The number of anilines is 2. The Morgan fingerprint density at radius 1 is 0.969 bits per heavy atom. The van der Waals surface area contributed by atoms with Crippen LogP contribution < -0.4 is 10.6 Å². The maximum absolute atomic E-state index is 12.6. The van der Waals surface area contributed by atoms with E-state index in [4.69, 9.17) is 5.11 Å². The molecule has 10 nitrogen and oxygen atoms in total. The summed E-state index contributed by atoms with van der Waals surface area (Å²) in [6.45, 7) is 1.78. The summed E-state index contributed by atoms with van der Waals surface area (Å²) in [5.41, 5.74) is -0.443. The monoisotopic (exact) mass is 472 g/mol. The molecule has 0 spiro atoms. The second-order valence-electron chi connectivity index (χ2n) is 6.32. The maximum atomic E-state index is 12.6. The molecular weight excluding hydrogens is 456 g/mol. The lowest BCUT2D eigenvalue weighted by molar-refractivity contribution is -0.113. The Labute approximate surface area is 189 Å². The molecule has 0 atom stereocenters. The summed E-state index contributed by atoms with van der Waals surface area (Å²) in [5, 5.41) is 32.4. The molecule has 2 amide bonds. The van der Waals surface area contributed by atoms with Crippen LogP contribution in [0.2, 0.25) is 0 Å².